The van der Waals surface area contributed by atoms with Crippen LogP contribution in [0.4, 0.5) is 5.95 Å². The van der Waals surface area contributed by atoms with Crippen LogP contribution >= 0.6 is 11.6 Å². The summed E-state index contributed by atoms with van der Waals surface area (Å²) in [6.45, 7) is 4.14. The molecule has 2 heterocycles. The Bertz CT molecular complexity index is 521. The molecule has 0 spiro atoms. The van der Waals surface area contributed by atoms with Gasteiger partial charge in [0.2, 0.25) is 5.95 Å². The third kappa shape index (κ3) is 2.37. The molecular weight excluding hydrogens is 240 g/mol. The van der Waals surface area contributed by atoms with Gasteiger partial charge in [0.25, 0.3) is 0 Å². The highest BCUT2D eigenvalue weighted by Crippen LogP contribution is 2.19. The predicted molar refractivity (Wildman–Crippen MR) is 66.1 cm³/mol. The molecule has 17 heavy (non-hydrogen) atoms. The summed E-state index contributed by atoms with van der Waals surface area (Å²) in [5, 5.41) is 4.81. The third-order valence-corrected chi connectivity index (χ3v) is 2.54. The highest BCUT2D eigenvalue weighted by Gasteiger charge is 2.10. The van der Waals surface area contributed by atoms with E-state index in [1.807, 2.05) is 12.3 Å². The van der Waals surface area contributed by atoms with Gasteiger partial charge < -0.3 is 0 Å². The van der Waals surface area contributed by atoms with Gasteiger partial charge in [0, 0.05) is 6.20 Å². The first-order valence-electron chi connectivity index (χ1n) is 5.17. The van der Waals surface area contributed by atoms with Crippen LogP contribution in [0.1, 0.15) is 25.5 Å². The molecule has 0 atom stereocenters. The van der Waals surface area contributed by atoms with E-state index in [1.54, 1.807) is 4.68 Å². The standard InChI is InChI=1S/C10H13ClN6/c1-6(2)8-3-4-17(16-8)9-7(11)5-13-10(14-9)15-12/h3-6H,12H2,1-2H3,(H,13,14,15). The van der Waals surface area contributed by atoms with E-state index in [-0.39, 0.29) is 0 Å². The van der Waals surface area contributed by atoms with Crippen molar-refractivity contribution in [3.8, 4) is 5.82 Å². The maximum atomic E-state index is 6.02. The van der Waals surface area contributed by atoms with Gasteiger partial charge in [-0.2, -0.15) is 10.1 Å². The highest BCUT2D eigenvalue weighted by atomic mass is 35.5. The van der Waals surface area contributed by atoms with E-state index in [0.29, 0.717) is 22.7 Å². The second kappa shape index (κ2) is 4.68. The first kappa shape index (κ1) is 11.8. The van der Waals surface area contributed by atoms with Crippen molar-refractivity contribution in [2.75, 3.05) is 5.43 Å². The average molecular weight is 253 g/mol. The topological polar surface area (TPSA) is 81.7 Å². The Morgan fingerprint density at radius 3 is 2.82 bits per heavy atom. The molecule has 0 unspecified atom stereocenters. The number of halogens is 1. The largest absolute Gasteiger partial charge is 0.292 e. The molecule has 3 N–H and O–H groups in total. The Balaban J connectivity index is 2.44. The lowest BCUT2D eigenvalue weighted by Gasteiger charge is -2.05. The molecule has 6 nitrogen and oxygen atoms in total. The van der Waals surface area contributed by atoms with Crippen LogP contribution in [0.25, 0.3) is 5.82 Å². The van der Waals surface area contributed by atoms with Crippen LogP contribution in [0.2, 0.25) is 5.02 Å². The van der Waals surface area contributed by atoms with Gasteiger partial charge in [-0.05, 0) is 12.0 Å². The zero-order valence-corrected chi connectivity index (χ0v) is 10.3. The van der Waals surface area contributed by atoms with Crippen LogP contribution < -0.4 is 11.3 Å². The summed E-state index contributed by atoms with van der Waals surface area (Å²) in [5.41, 5.74) is 3.35. The molecule has 2 aromatic heterocycles. The van der Waals surface area contributed by atoms with Crippen molar-refractivity contribution in [1.82, 2.24) is 19.7 Å². The number of nitrogens with two attached hydrogens (primary N) is 1. The number of rotatable bonds is 3. The number of hydrogen-bond acceptors (Lipinski definition) is 5. The van der Waals surface area contributed by atoms with Crippen molar-refractivity contribution < 1.29 is 0 Å². The van der Waals surface area contributed by atoms with Crippen molar-refractivity contribution in [1.29, 1.82) is 0 Å². The molecule has 0 radical (unpaired) electrons. The second-order valence-corrected chi connectivity index (χ2v) is 4.26. The van der Waals surface area contributed by atoms with E-state index in [4.69, 9.17) is 17.4 Å². The van der Waals surface area contributed by atoms with Crippen LogP contribution in [-0.2, 0) is 0 Å². The predicted octanol–water partition coefficient (Wildman–Crippen LogP) is 1.72. The second-order valence-electron chi connectivity index (χ2n) is 3.85. The van der Waals surface area contributed by atoms with E-state index < -0.39 is 0 Å². The van der Waals surface area contributed by atoms with E-state index in [0.717, 1.165) is 5.69 Å². The monoisotopic (exact) mass is 252 g/mol. The first-order chi connectivity index (χ1) is 8.11. The first-order valence-corrected chi connectivity index (χ1v) is 5.54. The summed E-state index contributed by atoms with van der Waals surface area (Å²) in [6.07, 6.45) is 3.29. The Labute approximate surface area is 104 Å². The maximum absolute atomic E-state index is 6.02. The molecule has 0 saturated heterocycles. The zero-order chi connectivity index (χ0) is 12.4. The Hall–Kier alpha value is -1.66. The molecule has 0 saturated carbocycles. The molecule has 0 aliphatic rings. The van der Waals surface area contributed by atoms with Gasteiger partial charge in [0.15, 0.2) is 5.82 Å². The molecule has 0 aliphatic carbocycles. The molecule has 2 aromatic rings. The molecule has 0 aliphatic heterocycles. The maximum Gasteiger partial charge on any atom is 0.239 e. The highest BCUT2D eigenvalue weighted by molar-refractivity contribution is 6.32. The normalized spacial score (nSPS) is 10.9. The number of aromatic nitrogens is 4. The van der Waals surface area contributed by atoms with Crippen molar-refractivity contribution in [3.63, 3.8) is 0 Å². The summed E-state index contributed by atoms with van der Waals surface area (Å²) >= 11 is 6.02. The number of nitrogens with one attached hydrogen (secondary N) is 1. The molecule has 7 heteroatoms. The SMILES string of the molecule is CC(C)c1ccn(-c2nc(NN)ncc2Cl)n1. The van der Waals surface area contributed by atoms with Gasteiger partial charge in [-0.15, -0.1) is 0 Å². The minimum absolute atomic E-state index is 0.297. The van der Waals surface area contributed by atoms with Crippen LogP contribution in [0.3, 0.4) is 0 Å². The Kier molecular flexibility index (Phi) is 3.26. The van der Waals surface area contributed by atoms with Crippen LogP contribution in [-0.4, -0.2) is 19.7 Å². The number of anilines is 1. The van der Waals surface area contributed by atoms with Gasteiger partial charge in [-0.1, -0.05) is 25.4 Å². The Morgan fingerprint density at radius 1 is 1.47 bits per heavy atom. The summed E-state index contributed by atoms with van der Waals surface area (Å²) in [7, 11) is 0. The number of hydrogen-bond donors (Lipinski definition) is 2. The van der Waals surface area contributed by atoms with E-state index in [2.05, 4.69) is 34.3 Å². The lowest BCUT2D eigenvalue weighted by Crippen LogP contribution is -2.12. The van der Waals surface area contributed by atoms with Gasteiger partial charge in [-0.3, -0.25) is 5.43 Å². The van der Waals surface area contributed by atoms with Gasteiger partial charge in [-0.25, -0.2) is 15.5 Å². The fourth-order valence-corrected chi connectivity index (χ4v) is 1.53. The molecular formula is C10H13ClN6. The summed E-state index contributed by atoms with van der Waals surface area (Å²) in [6, 6.07) is 1.93. The lowest BCUT2D eigenvalue weighted by atomic mass is 10.1. The van der Waals surface area contributed by atoms with Gasteiger partial charge in [0.1, 0.15) is 5.02 Å². The average Bonchev–Trinajstić information content (AvgIpc) is 2.79. The van der Waals surface area contributed by atoms with Gasteiger partial charge >= 0.3 is 0 Å². The lowest BCUT2D eigenvalue weighted by molar-refractivity contribution is 0.756. The number of nitrogens with zero attached hydrogens (tertiary/aromatic N) is 4. The van der Waals surface area contributed by atoms with Crippen molar-refractivity contribution in [3.05, 3.63) is 29.2 Å². The fourth-order valence-electron chi connectivity index (χ4n) is 1.35. The molecule has 0 bridgehead atoms. The minimum Gasteiger partial charge on any atom is -0.292 e. The van der Waals surface area contributed by atoms with Crippen molar-refractivity contribution >= 4 is 17.5 Å². The van der Waals surface area contributed by atoms with E-state index in [9.17, 15) is 0 Å². The van der Waals surface area contributed by atoms with E-state index in [1.165, 1.54) is 6.20 Å². The molecule has 2 rings (SSSR count). The fraction of sp³-hybridized carbons (Fsp3) is 0.300. The smallest absolute Gasteiger partial charge is 0.239 e. The molecule has 0 aromatic carbocycles. The minimum atomic E-state index is 0.297. The number of hydrazine groups is 1. The summed E-state index contributed by atoms with van der Waals surface area (Å²) in [5.74, 6) is 6.40. The van der Waals surface area contributed by atoms with Gasteiger partial charge in [0.05, 0.1) is 11.9 Å². The number of nitrogen functional groups attached to an aromatic ring is 1. The third-order valence-electron chi connectivity index (χ3n) is 2.27. The van der Waals surface area contributed by atoms with Crippen molar-refractivity contribution in [2.24, 2.45) is 5.84 Å². The molecule has 0 fully saturated rings. The van der Waals surface area contributed by atoms with Crippen LogP contribution in [0.5, 0.6) is 0 Å². The summed E-state index contributed by atoms with van der Waals surface area (Å²) in [4.78, 5) is 8.06. The quantitative estimate of drug-likeness (QED) is 0.642. The zero-order valence-electron chi connectivity index (χ0n) is 9.55. The van der Waals surface area contributed by atoms with Crippen LogP contribution in [0.15, 0.2) is 18.5 Å². The summed E-state index contributed by atoms with van der Waals surface area (Å²) < 4.78 is 1.61. The van der Waals surface area contributed by atoms with E-state index >= 15 is 0 Å². The molecule has 0 amide bonds. The van der Waals surface area contributed by atoms with Crippen molar-refractivity contribution in [2.45, 2.75) is 19.8 Å². The molecule has 90 valence electrons. The van der Waals surface area contributed by atoms with Crippen LogP contribution in [0, 0.1) is 0 Å². The Morgan fingerprint density at radius 2 is 2.24 bits per heavy atom.